The molecule has 3 heterocycles. The topological polar surface area (TPSA) is 51.3 Å². The molecule has 1 unspecified atom stereocenters. The summed E-state index contributed by atoms with van der Waals surface area (Å²) in [6.07, 6.45) is 2.21. The number of fused-ring (bicyclic) bond motifs is 1. The summed E-state index contributed by atoms with van der Waals surface area (Å²) in [4.78, 5) is 19.6. The van der Waals surface area contributed by atoms with Crippen molar-refractivity contribution in [3.8, 4) is 0 Å². The van der Waals surface area contributed by atoms with Crippen LogP contribution in [0.2, 0.25) is 0 Å². The van der Waals surface area contributed by atoms with Crippen LogP contribution in [0, 0.1) is 6.92 Å². The van der Waals surface area contributed by atoms with Crippen LogP contribution < -0.4 is 5.56 Å². The first-order chi connectivity index (χ1) is 11.6. The van der Waals surface area contributed by atoms with Crippen LogP contribution in [0.1, 0.15) is 36.2 Å². The summed E-state index contributed by atoms with van der Waals surface area (Å²) >= 11 is 0. The summed E-state index contributed by atoms with van der Waals surface area (Å²) in [6.45, 7) is 3.62. The lowest BCUT2D eigenvalue weighted by Gasteiger charge is -2.23. The second kappa shape index (κ2) is 5.91. The maximum atomic E-state index is 12.6. The molecule has 24 heavy (non-hydrogen) atoms. The molecule has 0 aliphatic carbocycles. The highest BCUT2D eigenvalue weighted by Crippen LogP contribution is 2.33. The monoisotopic (exact) mass is 323 g/mol. The average Bonchev–Trinajstić information content (AvgIpc) is 3.21. The smallest absolute Gasteiger partial charge is 0.261 e. The van der Waals surface area contributed by atoms with E-state index < -0.39 is 0 Å². The molecule has 1 aliphatic rings. The SMILES string of the molecule is Cc1ccc(C2CCCN2Cc2nc3ccccc3c(=O)n2C)o1. The van der Waals surface area contributed by atoms with E-state index in [4.69, 9.17) is 9.40 Å². The van der Waals surface area contributed by atoms with Gasteiger partial charge in [-0.1, -0.05) is 12.1 Å². The molecule has 0 amide bonds. The summed E-state index contributed by atoms with van der Waals surface area (Å²) < 4.78 is 7.50. The fourth-order valence-corrected chi connectivity index (χ4v) is 3.56. The van der Waals surface area contributed by atoms with Gasteiger partial charge in [-0.3, -0.25) is 14.3 Å². The van der Waals surface area contributed by atoms with Crippen LogP contribution in [0.5, 0.6) is 0 Å². The van der Waals surface area contributed by atoms with Crippen LogP contribution in [-0.2, 0) is 13.6 Å². The number of hydrogen-bond acceptors (Lipinski definition) is 4. The molecule has 1 saturated heterocycles. The Balaban J connectivity index is 1.68. The maximum absolute atomic E-state index is 12.6. The lowest BCUT2D eigenvalue weighted by molar-refractivity contribution is 0.211. The van der Waals surface area contributed by atoms with Crippen LogP contribution >= 0.6 is 0 Å². The van der Waals surface area contributed by atoms with E-state index in [-0.39, 0.29) is 11.6 Å². The van der Waals surface area contributed by atoms with E-state index in [0.29, 0.717) is 11.9 Å². The van der Waals surface area contributed by atoms with E-state index >= 15 is 0 Å². The molecule has 1 atom stereocenters. The fraction of sp³-hybridized carbons (Fsp3) is 0.368. The number of rotatable bonds is 3. The van der Waals surface area contributed by atoms with Gasteiger partial charge in [-0.2, -0.15) is 0 Å². The van der Waals surface area contributed by atoms with Gasteiger partial charge in [0.1, 0.15) is 17.3 Å². The van der Waals surface area contributed by atoms with Crippen LogP contribution in [0.15, 0.2) is 45.6 Å². The first kappa shape index (κ1) is 15.1. The summed E-state index contributed by atoms with van der Waals surface area (Å²) in [5, 5.41) is 0.670. The minimum atomic E-state index is 0.0141. The van der Waals surface area contributed by atoms with Crippen LogP contribution in [0.3, 0.4) is 0 Å². The maximum Gasteiger partial charge on any atom is 0.261 e. The fourth-order valence-electron chi connectivity index (χ4n) is 3.56. The summed E-state index contributed by atoms with van der Waals surface area (Å²) in [7, 11) is 1.80. The van der Waals surface area contributed by atoms with Gasteiger partial charge >= 0.3 is 0 Å². The van der Waals surface area contributed by atoms with Crippen molar-refractivity contribution < 1.29 is 4.42 Å². The van der Waals surface area contributed by atoms with Gasteiger partial charge in [0.25, 0.3) is 5.56 Å². The van der Waals surface area contributed by atoms with Gasteiger partial charge in [0.2, 0.25) is 0 Å². The van der Waals surface area contributed by atoms with E-state index in [9.17, 15) is 4.79 Å². The Morgan fingerprint density at radius 1 is 1.25 bits per heavy atom. The number of hydrogen-bond donors (Lipinski definition) is 0. The number of benzene rings is 1. The number of nitrogens with zero attached hydrogens (tertiary/aromatic N) is 3. The van der Waals surface area contributed by atoms with Crippen molar-refractivity contribution in [1.29, 1.82) is 0 Å². The molecule has 2 aromatic heterocycles. The Morgan fingerprint density at radius 2 is 2.08 bits per heavy atom. The Bertz CT molecular complexity index is 941. The third kappa shape index (κ3) is 2.55. The Kier molecular flexibility index (Phi) is 3.73. The van der Waals surface area contributed by atoms with Crippen molar-refractivity contribution in [2.24, 2.45) is 7.05 Å². The minimum Gasteiger partial charge on any atom is -0.465 e. The zero-order chi connectivity index (χ0) is 16.7. The summed E-state index contributed by atoms with van der Waals surface area (Å²) in [6, 6.07) is 11.9. The van der Waals surface area contributed by atoms with Gasteiger partial charge in [-0.05, 0) is 50.6 Å². The van der Waals surface area contributed by atoms with Gasteiger partial charge < -0.3 is 4.42 Å². The molecule has 5 heteroatoms. The second-order valence-corrected chi connectivity index (χ2v) is 6.49. The standard InChI is InChI=1S/C19H21N3O2/c1-13-9-10-17(24-13)16-8-5-11-22(16)12-18-20-15-7-4-3-6-14(15)19(23)21(18)2/h3-4,6-7,9-10,16H,5,8,11-12H2,1-2H3. The molecule has 0 N–H and O–H groups in total. The van der Waals surface area contributed by atoms with Gasteiger partial charge in [0.05, 0.1) is 23.5 Å². The summed E-state index contributed by atoms with van der Waals surface area (Å²) in [5.41, 5.74) is 0.778. The molecule has 1 fully saturated rings. The van der Waals surface area contributed by atoms with E-state index in [0.717, 1.165) is 42.2 Å². The molecule has 0 spiro atoms. The zero-order valence-electron chi connectivity index (χ0n) is 14.0. The molecule has 124 valence electrons. The van der Waals surface area contributed by atoms with E-state index in [2.05, 4.69) is 11.0 Å². The lowest BCUT2D eigenvalue weighted by Crippen LogP contribution is -2.29. The van der Waals surface area contributed by atoms with Crippen molar-refractivity contribution in [3.63, 3.8) is 0 Å². The number of para-hydroxylation sites is 1. The van der Waals surface area contributed by atoms with Gasteiger partial charge in [0.15, 0.2) is 0 Å². The molecule has 3 aromatic rings. The molecular formula is C19H21N3O2. The predicted octanol–water partition coefficient (Wildman–Crippen LogP) is 3.17. The Morgan fingerprint density at radius 3 is 2.88 bits per heavy atom. The quantitative estimate of drug-likeness (QED) is 0.743. The second-order valence-electron chi connectivity index (χ2n) is 6.49. The van der Waals surface area contributed by atoms with Crippen molar-refractivity contribution in [2.75, 3.05) is 6.54 Å². The van der Waals surface area contributed by atoms with Crippen molar-refractivity contribution in [1.82, 2.24) is 14.5 Å². The van der Waals surface area contributed by atoms with Crippen molar-refractivity contribution >= 4 is 10.9 Å². The normalized spacial score (nSPS) is 18.5. The Labute approximate surface area is 140 Å². The largest absolute Gasteiger partial charge is 0.465 e. The first-order valence-electron chi connectivity index (χ1n) is 8.38. The van der Waals surface area contributed by atoms with Crippen LogP contribution in [0.4, 0.5) is 0 Å². The minimum absolute atomic E-state index is 0.0141. The number of aryl methyl sites for hydroxylation is 1. The molecule has 0 radical (unpaired) electrons. The Hall–Kier alpha value is -2.40. The number of furan rings is 1. The summed E-state index contributed by atoms with van der Waals surface area (Å²) in [5.74, 6) is 2.75. The third-order valence-electron chi connectivity index (χ3n) is 4.87. The molecule has 4 rings (SSSR count). The lowest BCUT2D eigenvalue weighted by atomic mass is 10.1. The van der Waals surface area contributed by atoms with E-state index in [1.807, 2.05) is 37.3 Å². The highest BCUT2D eigenvalue weighted by molar-refractivity contribution is 5.77. The molecule has 1 aliphatic heterocycles. The molecule has 0 saturated carbocycles. The zero-order valence-corrected chi connectivity index (χ0v) is 14.0. The highest BCUT2D eigenvalue weighted by atomic mass is 16.3. The van der Waals surface area contributed by atoms with Gasteiger partial charge in [-0.15, -0.1) is 0 Å². The van der Waals surface area contributed by atoms with Crippen molar-refractivity contribution in [2.45, 2.75) is 32.4 Å². The van der Waals surface area contributed by atoms with E-state index in [1.54, 1.807) is 11.6 Å². The number of likely N-dealkylation sites (tertiary alicyclic amines) is 1. The van der Waals surface area contributed by atoms with Gasteiger partial charge in [0, 0.05) is 7.05 Å². The third-order valence-corrected chi connectivity index (χ3v) is 4.87. The molecular weight excluding hydrogens is 302 g/mol. The predicted molar refractivity (Wildman–Crippen MR) is 92.8 cm³/mol. The van der Waals surface area contributed by atoms with Crippen LogP contribution in [0.25, 0.3) is 10.9 Å². The molecule has 1 aromatic carbocycles. The van der Waals surface area contributed by atoms with Gasteiger partial charge in [-0.25, -0.2) is 4.98 Å². The first-order valence-corrected chi connectivity index (χ1v) is 8.38. The van der Waals surface area contributed by atoms with Crippen LogP contribution in [-0.4, -0.2) is 21.0 Å². The highest BCUT2D eigenvalue weighted by Gasteiger charge is 2.29. The average molecular weight is 323 g/mol. The number of aromatic nitrogens is 2. The molecule has 5 nitrogen and oxygen atoms in total. The van der Waals surface area contributed by atoms with E-state index in [1.165, 1.54) is 0 Å². The molecule has 0 bridgehead atoms. The van der Waals surface area contributed by atoms with Crippen molar-refractivity contribution in [3.05, 3.63) is 64.1 Å².